The van der Waals surface area contributed by atoms with E-state index in [0.29, 0.717) is 59.3 Å². The van der Waals surface area contributed by atoms with Gasteiger partial charge in [-0.15, -0.1) is 13.2 Å². The third-order valence-electron chi connectivity index (χ3n) is 16.4. The van der Waals surface area contributed by atoms with Crippen molar-refractivity contribution in [3.8, 4) is 28.7 Å². The minimum atomic E-state index is -4.77. The highest BCUT2D eigenvalue weighted by Gasteiger charge is 2.36. The van der Waals surface area contributed by atoms with E-state index in [1.807, 2.05) is 24.3 Å². The summed E-state index contributed by atoms with van der Waals surface area (Å²) < 4.78 is 114. The van der Waals surface area contributed by atoms with Crippen molar-refractivity contribution in [3.63, 3.8) is 0 Å². The van der Waals surface area contributed by atoms with E-state index in [2.05, 4.69) is 4.74 Å². The number of carbonyl (C=O) groups excluding carboxylic acids is 8. The molecule has 4 N–H and O–H groups in total. The third-order valence-corrected chi connectivity index (χ3v) is 21.2. The molecule has 570 valence electrons. The van der Waals surface area contributed by atoms with Crippen LogP contribution in [-0.2, 0) is 70.2 Å². The Bertz CT molecular complexity index is 4380. The number of thioether (sulfide) groups is 4. The van der Waals surface area contributed by atoms with Crippen LogP contribution in [0.4, 0.5) is 30.7 Å². The maximum atomic E-state index is 13.6. The molecule has 12 rings (SSSR count). The Hall–Kier alpha value is -8.84. The molecular weight excluding hydrogens is 1520 g/mol. The van der Waals surface area contributed by atoms with Crippen LogP contribution in [0.15, 0.2) is 194 Å². The maximum Gasteiger partial charge on any atom is 0.573 e. The second-order valence-electron chi connectivity index (χ2n) is 24.5. The Kier molecular flexibility index (Phi) is 31.4. The number of halogens is 8. The zero-order chi connectivity index (χ0) is 77.0. The van der Waals surface area contributed by atoms with Gasteiger partial charge in [-0.3, -0.25) is 38.4 Å². The Morgan fingerprint density at radius 2 is 0.685 bits per heavy atom. The lowest BCUT2D eigenvalue weighted by atomic mass is 10.1. The maximum absolute atomic E-state index is 13.6. The second-order valence-corrected chi connectivity index (χ2v) is 30.0. The fourth-order valence-corrected chi connectivity index (χ4v) is 15.0. The van der Waals surface area contributed by atoms with Crippen molar-refractivity contribution < 1.29 is 113 Å². The molecule has 4 fully saturated rings. The standard InChI is InChI=1S/C20H17F3O5S.C20H17F3O4S.C19H17ClO4S.C19H17FO4S.CH4/c21-20(22,23)28-15-7-3-13(4-8-15)17(25)11-27-14-5-1-12(2-6-14)9-18-16(24)10-19(26)29-18;21-20(22,23)14-3-1-2-13(9-14)17(25)11-27-15-6-4-12(5-7-15)8-18-16(24)10-19(26)28-18;20-14-5-3-13(4-6-14)17(22)11-24-15-7-1-12(2-8-15)9-18-16(21)10-19(23)25-18;20-15-4-2-1-3-14(15)17(22)11-24-13-7-5-12(6-8-13)9-18-16(21)10-19(23)25-18;/h1-8,17-18,25H,9-11H2;1-7,9,17-18,25H,8,10-11H2;2*1-8,17-18,22H,9-11H2;1H4/t4*17-,18?;/m0000./s1. The number of Topliss-reactive ketones (excluding diaryl/α,β-unsaturated/α-hetero) is 4. The molecule has 4 aliphatic rings. The van der Waals surface area contributed by atoms with Gasteiger partial charge in [-0.05, 0) is 156 Å². The number of carbonyl (C=O) groups is 8. The molecule has 4 heterocycles. The van der Waals surface area contributed by atoms with E-state index in [-0.39, 0.29) is 141 Å². The lowest BCUT2D eigenvalue weighted by molar-refractivity contribution is -0.274. The topological polar surface area (TPSA) is 264 Å². The average molecular weight is 1590 g/mol. The largest absolute Gasteiger partial charge is 0.573 e. The molecule has 108 heavy (non-hydrogen) atoms. The summed E-state index contributed by atoms with van der Waals surface area (Å²) in [6.07, 6.45) is -11.3. The second kappa shape index (κ2) is 40.0. The van der Waals surface area contributed by atoms with Crippen molar-refractivity contribution in [1.82, 2.24) is 0 Å². The van der Waals surface area contributed by atoms with Crippen LogP contribution in [0, 0.1) is 5.82 Å². The minimum Gasteiger partial charge on any atom is -0.491 e. The molecule has 0 bridgehead atoms. The molecule has 17 nitrogen and oxygen atoms in total. The first-order valence-corrected chi connectivity index (χ1v) is 36.9. The van der Waals surface area contributed by atoms with Gasteiger partial charge in [0.15, 0.2) is 43.6 Å². The zero-order valence-electron chi connectivity index (χ0n) is 56.3. The fourth-order valence-electron chi connectivity index (χ4n) is 10.8. The fraction of sp³-hybridized carbons (Fsp3) is 0.291. The van der Waals surface area contributed by atoms with Crippen molar-refractivity contribution in [2.45, 2.75) is 117 Å². The van der Waals surface area contributed by atoms with Gasteiger partial charge in [0.2, 0.25) is 0 Å². The highest BCUT2D eigenvalue weighted by Crippen LogP contribution is 2.35. The van der Waals surface area contributed by atoms with Gasteiger partial charge < -0.3 is 44.1 Å². The van der Waals surface area contributed by atoms with E-state index in [9.17, 15) is 89.5 Å². The Labute approximate surface area is 638 Å². The molecule has 4 unspecified atom stereocenters. The summed E-state index contributed by atoms with van der Waals surface area (Å²) in [6, 6.07) is 50.6. The molecule has 0 aromatic heterocycles. The number of aliphatic hydroxyl groups is 4. The first kappa shape index (κ1) is 84.8. The monoisotopic (exact) mass is 1590 g/mol. The minimum absolute atomic E-state index is 0. The molecule has 0 radical (unpaired) electrons. The van der Waals surface area contributed by atoms with Crippen LogP contribution < -0.4 is 23.7 Å². The Morgan fingerprint density at radius 3 is 0.991 bits per heavy atom. The van der Waals surface area contributed by atoms with Crippen LogP contribution in [0.1, 0.15) is 108 Å². The lowest BCUT2D eigenvalue weighted by Gasteiger charge is -2.15. The van der Waals surface area contributed by atoms with Gasteiger partial charge in [0.1, 0.15) is 85.4 Å². The lowest BCUT2D eigenvalue weighted by Crippen LogP contribution is -2.17. The van der Waals surface area contributed by atoms with Crippen molar-refractivity contribution >= 4 is 102 Å². The number of hydrogen-bond donors (Lipinski definition) is 4. The number of ketones is 4. The van der Waals surface area contributed by atoms with Crippen LogP contribution in [0.3, 0.4) is 0 Å². The molecule has 4 saturated heterocycles. The normalized spacial score (nSPS) is 18.1. The molecule has 8 atom stereocenters. The predicted molar refractivity (Wildman–Crippen MR) is 396 cm³/mol. The van der Waals surface area contributed by atoms with E-state index in [0.717, 1.165) is 99.1 Å². The summed E-state index contributed by atoms with van der Waals surface area (Å²) in [4.78, 5) is 91.9. The van der Waals surface area contributed by atoms with Gasteiger partial charge >= 0.3 is 12.5 Å². The number of aliphatic hydroxyl groups excluding tert-OH is 4. The molecule has 0 aliphatic carbocycles. The number of alkyl halides is 6. The molecule has 8 aromatic rings. The first-order chi connectivity index (χ1) is 50.9. The van der Waals surface area contributed by atoms with Crippen LogP contribution in [0.5, 0.6) is 28.7 Å². The summed E-state index contributed by atoms with van der Waals surface area (Å²) in [5.41, 5.74) is 4.28. The molecular formula is C79H72ClF7O17S4. The van der Waals surface area contributed by atoms with Crippen LogP contribution in [0.2, 0.25) is 5.02 Å². The van der Waals surface area contributed by atoms with Crippen molar-refractivity contribution in [1.29, 1.82) is 0 Å². The Morgan fingerprint density at radius 1 is 0.380 bits per heavy atom. The van der Waals surface area contributed by atoms with E-state index in [1.54, 1.807) is 109 Å². The molecule has 0 amide bonds. The summed E-state index contributed by atoms with van der Waals surface area (Å²) in [5, 5.41) is 39.4. The SMILES string of the molecule is C.O=C1CC(=O)C(Cc2ccc(OC[C@H](O)c3ccc(Cl)cc3)cc2)S1.O=C1CC(=O)C(Cc2ccc(OC[C@H](O)c3ccc(OC(F)(F)F)cc3)cc2)S1.O=C1CC(=O)C(Cc2ccc(OC[C@H](O)c3cccc(C(F)(F)F)c3)cc2)S1.O=C1CC(=O)C(Cc2ccc(OC[C@H](O)c3ccccc3F)cc2)S1. The van der Waals surface area contributed by atoms with Gasteiger partial charge in [-0.2, -0.15) is 13.2 Å². The van der Waals surface area contributed by atoms with Gasteiger partial charge in [0, 0.05) is 10.6 Å². The van der Waals surface area contributed by atoms with Crippen molar-refractivity contribution in [2.75, 3.05) is 26.4 Å². The molecule has 0 saturated carbocycles. The van der Waals surface area contributed by atoms with E-state index in [1.165, 1.54) is 36.4 Å². The van der Waals surface area contributed by atoms with Crippen molar-refractivity contribution in [3.05, 3.63) is 255 Å². The van der Waals surface area contributed by atoms with Gasteiger partial charge in [-0.25, -0.2) is 4.39 Å². The first-order valence-electron chi connectivity index (χ1n) is 33.0. The van der Waals surface area contributed by atoms with Gasteiger partial charge in [0.05, 0.1) is 52.2 Å². The highest BCUT2D eigenvalue weighted by molar-refractivity contribution is 8.16. The Balaban J connectivity index is 0.000000181. The van der Waals surface area contributed by atoms with E-state index < -0.39 is 48.3 Å². The summed E-state index contributed by atoms with van der Waals surface area (Å²) in [5.74, 6) is 1.12. The number of rotatable bonds is 25. The number of ether oxygens (including phenoxy) is 5. The van der Waals surface area contributed by atoms with Gasteiger partial charge in [-0.1, -0.05) is 169 Å². The number of benzene rings is 8. The van der Waals surface area contributed by atoms with Crippen LogP contribution >= 0.6 is 58.6 Å². The quantitative estimate of drug-likeness (QED) is 0.0306. The van der Waals surface area contributed by atoms with Gasteiger partial charge in [0.25, 0.3) is 0 Å². The average Bonchev–Trinajstić information content (AvgIpc) is 0.935. The predicted octanol–water partition coefficient (Wildman–Crippen LogP) is 15.1. The molecule has 8 aromatic carbocycles. The van der Waals surface area contributed by atoms with Crippen molar-refractivity contribution in [2.24, 2.45) is 0 Å². The third kappa shape index (κ3) is 26.8. The molecule has 4 aliphatic heterocycles. The number of hydrogen-bond acceptors (Lipinski definition) is 21. The zero-order valence-corrected chi connectivity index (χ0v) is 60.4. The van der Waals surface area contributed by atoms with Crippen LogP contribution in [0.25, 0.3) is 0 Å². The smallest absolute Gasteiger partial charge is 0.491 e. The highest BCUT2D eigenvalue weighted by atomic mass is 35.5. The summed E-state index contributed by atoms with van der Waals surface area (Å²) in [6.45, 7) is -0.228. The summed E-state index contributed by atoms with van der Waals surface area (Å²) in [7, 11) is 0. The molecule has 29 heteroatoms. The summed E-state index contributed by atoms with van der Waals surface area (Å²) >= 11 is 10.2. The molecule has 0 spiro atoms. The van der Waals surface area contributed by atoms with E-state index in [4.69, 9.17) is 30.5 Å². The van der Waals surface area contributed by atoms with E-state index >= 15 is 0 Å². The van der Waals surface area contributed by atoms with Crippen LogP contribution in [-0.4, -0.2) is 118 Å².